The average Bonchev–Trinajstić information content (AvgIpc) is 2.79. The van der Waals surface area contributed by atoms with Gasteiger partial charge in [-0.05, 0) is 36.1 Å². The lowest BCUT2D eigenvalue weighted by atomic mass is 9.81. The number of esters is 1. The van der Waals surface area contributed by atoms with Gasteiger partial charge in [0.05, 0.1) is 37.7 Å². The van der Waals surface area contributed by atoms with Crippen molar-refractivity contribution in [3.05, 3.63) is 52.7 Å². The second-order valence-corrected chi connectivity index (χ2v) is 8.44. The maximum Gasteiger partial charge on any atom is 0.314 e. The van der Waals surface area contributed by atoms with Crippen LogP contribution in [0.1, 0.15) is 12.5 Å². The highest BCUT2D eigenvalue weighted by molar-refractivity contribution is 5.95. The predicted molar refractivity (Wildman–Crippen MR) is 121 cm³/mol. The zero-order valence-electron chi connectivity index (χ0n) is 19.0. The maximum atomic E-state index is 12.5. The Kier molecular flexibility index (Phi) is 5.64. The van der Waals surface area contributed by atoms with Crippen molar-refractivity contribution in [2.24, 2.45) is 12.5 Å². The van der Waals surface area contributed by atoms with Gasteiger partial charge in [-0.25, -0.2) is 0 Å². The number of pyridine rings is 2. The fourth-order valence-electron chi connectivity index (χ4n) is 4.49. The van der Waals surface area contributed by atoms with E-state index in [-0.39, 0.29) is 11.5 Å². The van der Waals surface area contributed by atoms with Gasteiger partial charge in [0.25, 0.3) is 5.56 Å². The highest BCUT2D eigenvalue weighted by Gasteiger charge is 2.46. The van der Waals surface area contributed by atoms with E-state index < -0.39 is 5.41 Å². The van der Waals surface area contributed by atoms with E-state index >= 15 is 0 Å². The minimum atomic E-state index is -0.489. The molecule has 0 N–H and O–H groups in total. The number of carbonyl (C=O) groups is 1. The van der Waals surface area contributed by atoms with Crippen molar-refractivity contribution in [1.82, 2.24) is 14.5 Å². The Labute approximate surface area is 186 Å². The number of methoxy groups -OCH3 is 3. The van der Waals surface area contributed by atoms with Gasteiger partial charge in [0.1, 0.15) is 11.5 Å². The molecule has 1 saturated heterocycles. The van der Waals surface area contributed by atoms with E-state index in [1.54, 1.807) is 38.2 Å². The second-order valence-electron chi connectivity index (χ2n) is 8.44. The summed E-state index contributed by atoms with van der Waals surface area (Å²) in [6.45, 7) is 3.70. The second kappa shape index (κ2) is 8.27. The molecule has 0 atom stereocenters. The predicted octanol–water partition coefficient (Wildman–Crippen LogP) is 2.61. The SMILES string of the molecule is COC(=O)C1(C)CN(Cc2c(OC)cc(-c3cn(C)c(=O)c4cnccc34)cc2OC)C1. The molecule has 0 spiro atoms. The van der Waals surface area contributed by atoms with E-state index in [0.29, 0.717) is 36.5 Å². The van der Waals surface area contributed by atoms with Crippen molar-refractivity contribution in [3.63, 3.8) is 0 Å². The number of hydrogen-bond donors (Lipinski definition) is 0. The lowest BCUT2D eigenvalue weighted by Gasteiger charge is -2.45. The molecule has 1 aromatic carbocycles. The summed E-state index contributed by atoms with van der Waals surface area (Å²) < 4.78 is 17.9. The molecule has 3 heterocycles. The summed E-state index contributed by atoms with van der Waals surface area (Å²) in [5, 5.41) is 1.37. The number of benzene rings is 1. The smallest absolute Gasteiger partial charge is 0.314 e. The van der Waals surface area contributed by atoms with Crippen molar-refractivity contribution in [2.75, 3.05) is 34.4 Å². The third kappa shape index (κ3) is 3.60. The van der Waals surface area contributed by atoms with Gasteiger partial charge >= 0.3 is 5.97 Å². The first kappa shape index (κ1) is 21.8. The number of aromatic nitrogens is 2. The fourth-order valence-corrected chi connectivity index (χ4v) is 4.49. The van der Waals surface area contributed by atoms with Crippen LogP contribution in [0.5, 0.6) is 11.5 Å². The van der Waals surface area contributed by atoms with Gasteiger partial charge in [-0.1, -0.05) is 0 Å². The highest BCUT2D eigenvalue weighted by Crippen LogP contribution is 2.40. The summed E-state index contributed by atoms with van der Waals surface area (Å²) in [6.07, 6.45) is 5.08. The average molecular weight is 437 g/mol. The van der Waals surface area contributed by atoms with Gasteiger partial charge in [0.2, 0.25) is 0 Å². The molecule has 1 aliphatic rings. The molecule has 0 radical (unpaired) electrons. The molecular formula is C24H27N3O5. The monoisotopic (exact) mass is 437 g/mol. The van der Waals surface area contributed by atoms with Crippen LogP contribution >= 0.6 is 0 Å². The van der Waals surface area contributed by atoms with E-state index in [0.717, 1.165) is 22.1 Å². The molecule has 0 bridgehead atoms. The standard InChI is InChI=1S/C24H27N3O5/c1-24(23(29)32-5)13-27(14-24)12-19-20(30-3)8-15(9-21(19)31-4)18-11-26(2)22(28)17-10-25-7-6-16(17)18/h6-11H,12-14H2,1-5H3. The topological polar surface area (TPSA) is 82.9 Å². The summed E-state index contributed by atoms with van der Waals surface area (Å²) >= 11 is 0. The number of fused-ring (bicyclic) bond motifs is 1. The lowest BCUT2D eigenvalue weighted by molar-refractivity contribution is -0.162. The van der Waals surface area contributed by atoms with Crippen molar-refractivity contribution in [3.8, 4) is 22.6 Å². The number of ether oxygens (including phenoxy) is 3. The molecule has 0 amide bonds. The van der Waals surface area contributed by atoms with Crippen LogP contribution in [0.15, 0.2) is 41.6 Å². The Morgan fingerprint density at radius 3 is 2.38 bits per heavy atom. The Morgan fingerprint density at radius 2 is 1.78 bits per heavy atom. The van der Waals surface area contributed by atoms with E-state index in [1.807, 2.05) is 31.3 Å². The Balaban J connectivity index is 1.74. The van der Waals surface area contributed by atoms with Crippen LogP contribution in [-0.2, 0) is 23.1 Å². The minimum absolute atomic E-state index is 0.0983. The highest BCUT2D eigenvalue weighted by atomic mass is 16.5. The number of likely N-dealkylation sites (tertiary alicyclic amines) is 1. The summed E-state index contributed by atoms with van der Waals surface area (Å²) in [7, 11) is 6.39. The number of aryl methyl sites for hydroxylation is 1. The molecule has 1 fully saturated rings. The normalized spacial score (nSPS) is 15.3. The van der Waals surface area contributed by atoms with E-state index in [2.05, 4.69) is 9.88 Å². The van der Waals surface area contributed by atoms with Gasteiger partial charge in [0.15, 0.2) is 0 Å². The number of hydrogen-bond acceptors (Lipinski definition) is 7. The van der Waals surface area contributed by atoms with Crippen molar-refractivity contribution in [2.45, 2.75) is 13.5 Å². The molecular weight excluding hydrogens is 410 g/mol. The third-order valence-electron chi connectivity index (χ3n) is 6.11. The number of nitrogens with zero attached hydrogens (tertiary/aromatic N) is 3. The summed E-state index contributed by atoms with van der Waals surface area (Å²) in [6, 6.07) is 5.75. The molecule has 8 heteroatoms. The largest absolute Gasteiger partial charge is 0.496 e. The Morgan fingerprint density at radius 1 is 1.12 bits per heavy atom. The van der Waals surface area contributed by atoms with E-state index in [1.165, 1.54) is 7.11 Å². The zero-order chi connectivity index (χ0) is 23.0. The Bertz CT molecular complexity index is 1220. The van der Waals surface area contributed by atoms with Crippen LogP contribution in [0.25, 0.3) is 21.9 Å². The Hall–Kier alpha value is -3.39. The first-order valence-corrected chi connectivity index (χ1v) is 10.3. The van der Waals surface area contributed by atoms with Crippen molar-refractivity contribution < 1.29 is 19.0 Å². The van der Waals surface area contributed by atoms with E-state index in [9.17, 15) is 9.59 Å². The van der Waals surface area contributed by atoms with Gasteiger partial charge < -0.3 is 18.8 Å². The molecule has 8 nitrogen and oxygen atoms in total. The van der Waals surface area contributed by atoms with Crippen LogP contribution in [-0.4, -0.2) is 54.8 Å². The molecule has 2 aromatic heterocycles. The van der Waals surface area contributed by atoms with Gasteiger partial charge in [-0.3, -0.25) is 19.5 Å². The van der Waals surface area contributed by atoms with Crippen LogP contribution in [0, 0.1) is 5.41 Å². The van der Waals surface area contributed by atoms with Crippen LogP contribution in [0.4, 0.5) is 0 Å². The van der Waals surface area contributed by atoms with Crippen molar-refractivity contribution in [1.29, 1.82) is 0 Å². The van der Waals surface area contributed by atoms with Crippen molar-refractivity contribution >= 4 is 16.7 Å². The molecule has 4 rings (SSSR count). The lowest BCUT2D eigenvalue weighted by Crippen LogP contribution is -2.58. The molecule has 3 aromatic rings. The maximum absolute atomic E-state index is 12.5. The summed E-state index contributed by atoms with van der Waals surface area (Å²) in [5.41, 5.74) is 2.07. The van der Waals surface area contributed by atoms with Gasteiger partial charge in [-0.15, -0.1) is 0 Å². The molecule has 0 aliphatic carbocycles. The quantitative estimate of drug-likeness (QED) is 0.548. The summed E-state index contributed by atoms with van der Waals surface area (Å²) in [5.74, 6) is 1.17. The summed E-state index contributed by atoms with van der Waals surface area (Å²) in [4.78, 5) is 30.8. The molecule has 168 valence electrons. The fraction of sp³-hybridized carbons (Fsp3) is 0.375. The number of carbonyl (C=O) groups excluding carboxylic acids is 1. The van der Waals surface area contributed by atoms with Gasteiger partial charge in [-0.2, -0.15) is 0 Å². The first-order chi connectivity index (χ1) is 15.3. The third-order valence-corrected chi connectivity index (χ3v) is 6.11. The van der Waals surface area contributed by atoms with Crippen LogP contribution < -0.4 is 15.0 Å². The van der Waals surface area contributed by atoms with E-state index in [4.69, 9.17) is 14.2 Å². The molecule has 0 saturated carbocycles. The van der Waals surface area contributed by atoms with Crippen LogP contribution in [0.2, 0.25) is 0 Å². The number of rotatable bonds is 6. The molecule has 32 heavy (non-hydrogen) atoms. The minimum Gasteiger partial charge on any atom is -0.496 e. The first-order valence-electron chi connectivity index (χ1n) is 10.3. The molecule has 1 aliphatic heterocycles. The zero-order valence-corrected chi connectivity index (χ0v) is 19.0. The molecule has 0 unspecified atom stereocenters. The van der Waals surface area contributed by atoms with Gasteiger partial charge in [0, 0.05) is 50.8 Å². The van der Waals surface area contributed by atoms with Crippen LogP contribution in [0.3, 0.4) is 0 Å².